The molecular weight excluding hydrogens is 474 g/mol. The second-order valence-corrected chi connectivity index (χ2v) is 11.9. The average Bonchev–Trinajstić information content (AvgIpc) is 3.31. The van der Waals surface area contributed by atoms with E-state index in [1.165, 1.54) is 20.0 Å². The van der Waals surface area contributed by atoms with Crippen LogP contribution >= 0.6 is 0 Å². The summed E-state index contributed by atoms with van der Waals surface area (Å²) in [5, 5.41) is 7.33. The van der Waals surface area contributed by atoms with Crippen molar-refractivity contribution in [3.63, 3.8) is 0 Å². The lowest BCUT2D eigenvalue weighted by Crippen LogP contribution is -2.48. The molecule has 1 aliphatic rings. The summed E-state index contributed by atoms with van der Waals surface area (Å²) in [7, 11) is -3.57. The number of aromatic nitrogens is 4. The van der Waals surface area contributed by atoms with Gasteiger partial charge in [0.15, 0.2) is 21.5 Å². The number of hydrogen-bond acceptors (Lipinski definition) is 7. The molecule has 0 aliphatic carbocycles. The van der Waals surface area contributed by atoms with Crippen LogP contribution in [0.1, 0.15) is 33.3 Å². The predicted molar refractivity (Wildman–Crippen MR) is 131 cm³/mol. The highest BCUT2D eigenvalue weighted by atomic mass is 32.2. The largest absolute Gasteiger partial charge is 0.368 e. The lowest BCUT2D eigenvalue weighted by molar-refractivity contribution is 0.209. The van der Waals surface area contributed by atoms with Gasteiger partial charge in [-0.15, -0.1) is 5.10 Å². The maximum absolute atomic E-state index is 15.2. The minimum atomic E-state index is -3.57. The Labute approximate surface area is 204 Å². The van der Waals surface area contributed by atoms with Gasteiger partial charge in [-0.25, -0.2) is 21.9 Å². The lowest BCUT2D eigenvalue weighted by atomic mass is 10.1. The molecule has 1 saturated heterocycles. The number of sulfone groups is 1. The van der Waals surface area contributed by atoms with Gasteiger partial charge in [-0.1, -0.05) is 11.3 Å². The van der Waals surface area contributed by atoms with Crippen LogP contribution in [0.3, 0.4) is 0 Å². The summed E-state index contributed by atoms with van der Waals surface area (Å²) in [5.41, 5.74) is 1.43. The van der Waals surface area contributed by atoms with Crippen LogP contribution in [-0.4, -0.2) is 70.8 Å². The van der Waals surface area contributed by atoms with Crippen LogP contribution in [0.5, 0.6) is 0 Å². The topological polar surface area (TPSA) is 84.2 Å². The quantitative estimate of drug-likeness (QED) is 0.487. The fourth-order valence-corrected chi connectivity index (χ4v) is 5.02. The molecule has 0 unspecified atom stereocenters. The van der Waals surface area contributed by atoms with Crippen molar-refractivity contribution in [2.45, 2.75) is 44.7 Å². The molecule has 8 nitrogen and oxygen atoms in total. The molecule has 11 heteroatoms. The zero-order valence-corrected chi connectivity index (χ0v) is 21.1. The van der Waals surface area contributed by atoms with E-state index in [9.17, 15) is 12.8 Å². The van der Waals surface area contributed by atoms with E-state index in [1.807, 2.05) is 6.07 Å². The Kier molecular flexibility index (Phi) is 7.18. The number of piperazine rings is 1. The monoisotopic (exact) mass is 504 g/mol. The molecular formula is C24H30F2N6O2S. The highest BCUT2D eigenvalue weighted by molar-refractivity contribution is 7.91. The average molecular weight is 505 g/mol. The van der Waals surface area contributed by atoms with Crippen LogP contribution in [0.2, 0.25) is 0 Å². The first kappa shape index (κ1) is 25.2. The number of anilines is 1. The van der Waals surface area contributed by atoms with Gasteiger partial charge in [-0.3, -0.25) is 9.88 Å². The van der Waals surface area contributed by atoms with Gasteiger partial charge >= 0.3 is 0 Å². The molecule has 0 spiro atoms. The van der Waals surface area contributed by atoms with Crippen LogP contribution in [0.25, 0.3) is 16.9 Å². The van der Waals surface area contributed by atoms with Gasteiger partial charge in [0.1, 0.15) is 11.4 Å². The van der Waals surface area contributed by atoms with Gasteiger partial charge in [-0.05, 0) is 39.8 Å². The Morgan fingerprint density at radius 2 is 1.74 bits per heavy atom. The molecule has 4 rings (SSSR count). The summed E-state index contributed by atoms with van der Waals surface area (Å²) >= 11 is 0. The highest BCUT2D eigenvalue weighted by Gasteiger charge is 2.24. The van der Waals surface area contributed by atoms with Crippen molar-refractivity contribution in [1.29, 1.82) is 0 Å². The molecule has 0 atom stereocenters. The van der Waals surface area contributed by atoms with Crippen molar-refractivity contribution in [3.05, 3.63) is 54.0 Å². The summed E-state index contributed by atoms with van der Waals surface area (Å²) in [4.78, 5) is 9.00. The van der Waals surface area contributed by atoms with Gasteiger partial charge in [0, 0.05) is 49.5 Å². The highest BCUT2D eigenvalue weighted by Crippen LogP contribution is 2.27. The Bertz CT molecular complexity index is 1300. The van der Waals surface area contributed by atoms with Gasteiger partial charge in [0.2, 0.25) is 0 Å². The number of halogens is 2. The molecule has 1 fully saturated rings. The number of benzene rings is 1. The Hall–Kier alpha value is -2.92. The molecule has 188 valence electrons. The molecule has 0 bridgehead atoms. The first-order chi connectivity index (χ1) is 16.6. The second kappa shape index (κ2) is 9.98. The normalized spacial score (nSPS) is 15.4. The van der Waals surface area contributed by atoms with Gasteiger partial charge in [-0.2, -0.15) is 0 Å². The van der Waals surface area contributed by atoms with Crippen molar-refractivity contribution in [2.75, 3.05) is 31.1 Å². The number of nitrogens with zero attached hydrogens (tertiary/aromatic N) is 6. The smallest absolute Gasteiger partial charge is 0.156 e. The molecule has 2 aromatic heterocycles. The Morgan fingerprint density at radius 3 is 2.40 bits per heavy atom. The first-order valence-corrected chi connectivity index (χ1v) is 13.3. The number of hydrogen-bond donors (Lipinski definition) is 0. The third kappa shape index (κ3) is 5.35. The molecule has 0 saturated carbocycles. The molecule has 0 N–H and O–H groups in total. The van der Waals surface area contributed by atoms with Crippen LogP contribution in [0.15, 0.2) is 36.8 Å². The lowest BCUT2D eigenvalue weighted by Gasteiger charge is -2.38. The van der Waals surface area contributed by atoms with E-state index < -0.39 is 38.2 Å². The van der Waals surface area contributed by atoms with Gasteiger partial charge < -0.3 is 4.90 Å². The molecule has 1 aliphatic heterocycles. The fourth-order valence-electron chi connectivity index (χ4n) is 4.03. The maximum atomic E-state index is 15.2. The summed E-state index contributed by atoms with van der Waals surface area (Å²) in [6.07, 6.45) is 4.83. The molecule has 3 aromatic rings. The minimum Gasteiger partial charge on any atom is -0.368 e. The van der Waals surface area contributed by atoms with Crippen LogP contribution in [-0.2, 0) is 15.6 Å². The van der Waals surface area contributed by atoms with Gasteiger partial charge in [0.05, 0.1) is 29.1 Å². The van der Waals surface area contributed by atoms with Crippen LogP contribution < -0.4 is 4.90 Å². The summed E-state index contributed by atoms with van der Waals surface area (Å²) < 4.78 is 55.4. The summed E-state index contributed by atoms with van der Waals surface area (Å²) in [6.45, 7) is 11.1. The Morgan fingerprint density at radius 1 is 1.03 bits per heavy atom. The third-order valence-electron chi connectivity index (χ3n) is 6.37. The third-order valence-corrected chi connectivity index (χ3v) is 8.52. The molecule has 0 radical (unpaired) electrons. The first-order valence-electron chi connectivity index (χ1n) is 11.6. The molecule has 1 aromatic carbocycles. The van der Waals surface area contributed by atoms with Crippen molar-refractivity contribution in [1.82, 2.24) is 24.9 Å². The molecule has 35 heavy (non-hydrogen) atoms. The van der Waals surface area contributed by atoms with E-state index in [0.29, 0.717) is 17.3 Å². The van der Waals surface area contributed by atoms with E-state index in [-0.39, 0.29) is 5.56 Å². The van der Waals surface area contributed by atoms with Gasteiger partial charge in [0.25, 0.3) is 0 Å². The SMILES string of the molecule is CC(C)N1CCN(c2cncc(-c3cn(-c4c(F)ccc(CS(=O)(=O)C(C)C)c4F)nn3)c2)CC1. The van der Waals surface area contributed by atoms with Crippen molar-refractivity contribution < 1.29 is 17.2 Å². The minimum absolute atomic E-state index is 0.114. The summed E-state index contributed by atoms with van der Waals surface area (Å²) in [5.74, 6) is -2.36. The van der Waals surface area contributed by atoms with Crippen LogP contribution in [0, 0.1) is 11.6 Å². The zero-order valence-electron chi connectivity index (χ0n) is 20.3. The number of rotatable bonds is 7. The fraction of sp³-hybridized carbons (Fsp3) is 0.458. The zero-order chi connectivity index (χ0) is 25.3. The summed E-state index contributed by atoms with van der Waals surface area (Å²) in [6, 6.07) is 4.63. The Balaban J connectivity index is 1.60. The van der Waals surface area contributed by atoms with E-state index in [4.69, 9.17) is 0 Å². The molecule has 0 amide bonds. The predicted octanol–water partition coefficient (Wildman–Crippen LogP) is 3.46. The standard InChI is InChI=1S/C24H30F2N6O2S/c1-16(2)30-7-9-31(10-8-30)20-11-19(12-27-13-20)22-14-32(29-28-22)24-21(25)6-5-18(23(24)26)15-35(33,34)17(3)4/h5-6,11-14,16-17H,7-10,15H2,1-4H3. The van der Waals surface area contributed by atoms with E-state index in [0.717, 1.165) is 48.7 Å². The van der Waals surface area contributed by atoms with Crippen LogP contribution in [0.4, 0.5) is 14.5 Å². The van der Waals surface area contributed by atoms with Crippen molar-refractivity contribution in [3.8, 4) is 16.9 Å². The van der Waals surface area contributed by atoms with E-state index >= 15 is 4.39 Å². The number of pyridine rings is 1. The van der Waals surface area contributed by atoms with Crippen molar-refractivity contribution in [2.24, 2.45) is 0 Å². The van der Waals surface area contributed by atoms with E-state index in [2.05, 4.69) is 38.9 Å². The second-order valence-electron chi connectivity index (χ2n) is 9.32. The van der Waals surface area contributed by atoms with Crippen molar-refractivity contribution >= 4 is 15.5 Å². The molecule has 3 heterocycles. The maximum Gasteiger partial charge on any atom is 0.156 e. The van der Waals surface area contributed by atoms with E-state index in [1.54, 1.807) is 12.4 Å².